The molecule has 4 heteroatoms. The van der Waals surface area contributed by atoms with Crippen molar-refractivity contribution < 1.29 is 4.39 Å². The maximum atomic E-state index is 13.5. The van der Waals surface area contributed by atoms with E-state index >= 15 is 0 Å². The van der Waals surface area contributed by atoms with E-state index in [9.17, 15) is 4.39 Å². The van der Waals surface area contributed by atoms with E-state index in [1.165, 1.54) is 11.3 Å². The number of benzene rings is 1. The maximum absolute atomic E-state index is 13.5. The van der Waals surface area contributed by atoms with Crippen LogP contribution in [-0.2, 0) is 5.88 Å². The second-order valence-corrected chi connectivity index (χ2v) is 4.62. The molecular weight excluding hydrogens is 230 g/mol. The van der Waals surface area contributed by atoms with Gasteiger partial charge in [-0.15, -0.1) is 22.9 Å². The molecule has 1 aromatic heterocycles. The average molecular weight is 235 g/mol. The van der Waals surface area contributed by atoms with Crippen molar-refractivity contribution >= 4 is 44.6 Å². The summed E-state index contributed by atoms with van der Waals surface area (Å²) in [5, 5.41) is 0.563. The van der Waals surface area contributed by atoms with Crippen molar-refractivity contribution in [2.75, 3.05) is 0 Å². The van der Waals surface area contributed by atoms with E-state index in [2.05, 4.69) is 0 Å². The van der Waals surface area contributed by atoms with Crippen LogP contribution in [0.25, 0.3) is 10.1 Å². The Labute approximate surface area is 88.9 Å². The zero-order valence-electron chi connectivity index (χ0n) is 6.48. The summed E-state index contributed by atoms with van der Waals surface area (Å²) in [6.45, 7) is 0. The third kappa shape index (κ3) is 1.54. The highest BCUT2D eigenvalue weighted by Gasteiger charge is 2.08. The molecule has 0 saturated carbocycles. The molecule has 2 aromatic rings. The van der Waals surface area contributed by atoms with E-state index in [0.717, 1.165) is 4.70 Å². The first-order chi connectivity index (χ1) is 6.22. The number of hydrogen-bond donors (Lipinski definition) is 0. The van der Waals surface area contributed by atoms with Crippen LogP contribution in [0.15, 0.2) is 18.2 Å². The Hall–Kier alpha value is -0.310. The quantitative estimate of drug-likeness (QED) is 0.641. The molecule has 0 amide bonds. The molecule has 68 valence electrons. The molecule has 0 radical (unpaired) electrons. The van der Waals surface area contributed by atoms with Crippen LogP contribution in [0, 0.1) is 5.82 Å². The van der Waals surface area contributed by atoms with E-state index in [0.29, 0.717) is 15.3 Å². The SMILES string of the molecule is Fc1c(CCl)ccc2sc(Cl)cc12. The lowest BCUT2D eigenvalue weighted by Crippen LogP contribution is -1.84. The van der Waals surface area contributed by atoms with Crippen LogP contribution in [0.4, 0.5) is 4.39 Å². The maximum Gasteiger partial charge on any atom is 0.136 e. The first-order valence-corrected chi connectivity index (χ1v) is 5.37. The molecule has 0 unspecified atom stereocenters. The molecule has 1 aromatic carbocycles. The average Bonchev–Trinajstić information content (AvgIpc) is 2.47. The van der Waals surface area contributed by atoms with Gasteiger partial charge >= 0.3 is 0 Å². The van der Waals surface area contributed by atoms with Gasteiger partial charge in [0.2, 0.25) is 0 Å². The Morgan fingerprint density at radius 2 is 2.15 bits per heavy atom. The van der Waals surface area contributed by atoms with Crippen molar-refractivity contribution in [3.05, 3.63) is 33.9 Å². The van der Waals surface area contributed by atoms with E-state index < -0.39 is 0 Å². The summed E-state index contributed by atoms with van der Waals surface area (Å²) in [6, 6.07) is 5.16. The lowest BCUT2D eigenvalue weighted by molar-refractivity contribution is 0.629. The Morgan fingerprint density at radius 3 is 2.85 bits per heavy atom. The summed E-state index contributed by atoms with van der Waals surface area (Å²) in [5.41, 5.74) is 0.517. The first kappa shape index (κ1) is 9.25. The van der Waals surface area contributed by atoms with Crippen molar-refractivity contribution in [3.63, 3.8) is 0 Å². The molecule has 0 atom stereocenters. The highest BCUT2D eigenvalue weighted by atomic mass is 35.5. The molecule has 0 nitrogen and oxygen atoms in total. The molecule has 0 N–H and O–H groups in total. The monoisotopic (exact) mass is 234 g/mol. The van der Waals surface area contributed by atoms with Gasteiger partial charge in [0.25, 0.3) is 0 Å². The van der Waals surface area contributed by atoms with E-state index in [4.69, 9.17) is 23.2 Å². The molecule has 0 fully saturated rings. The Kier molecular flexibility index (Phi) is 2.45. The Bertz CT molecular complexity index is 450. The molecule has 0 aliphatic heterocycles. The van der Waals surface area contributed by atoms with Gasteiger partial charge < -0.3 is 0 Å². The van der Waals surface area contributed by atoms with E-state index in [-0.39, 0.29) is 11.7 Å². The lowest BCUT2D eigenvalue weighted by Gasteiger charge is -1.98. The van der Waals surface area contributed by atoms with Gasteiger partial charge in [-0.25, -0.2) is 4.39 Å². The number of hydrogen-bond acceptors (Lipinski definition) is 1. The molecule has 0 aliphatic carbocycles. The number of alkyl halides is 1. The number of halogens is 3. The third-order valence-corrected chi connectivity index (χ3v) is 3.35. The second kappa shape index (κ2) is 3.45. The van der Waals surface area contributed by atoms with Crippen molar-refractivity contribution in [2.45, 2.75) is 5.88 Å². The summed E-state index contributed by atoms with van der Waals surface area (Å²) in [6.07, 6.45) is 0. The van der Waals surface area contributed by atoms with Crippen LogP contribution in [-0.4, -0.2) is 0 Å². The Morgan fingerprint density at radius 1 is 1.38 bits per heavy atom. The minimum atomic E-state index is -0.254. The largest absolute Gasteiger partial charge is 0.206 e. The van der Waals surface area contributed by atoms with Crippen molar-refractivity contribution in [2.24, 2.45) is 0 Å². The predicted molar refractivity (Wildman–Crippen MR) is 56.4 cm³/mol. The fraction of sp³-hybridized carbons (Fsp3) is 0.111. The molecule has 2 rings (SSSR count). The van der Waals surface area contributed by atoms with Crippen LogP contribution >= 0.6 is 34.5 Å². The third-order valence-electron chi connectivity index (χ3n) is 1.83. The molecule has 0 saturated heterocycles. The highest BCUT2D eigenvalue weighted by Crippen LogP contribution is 2.32. The molecule has 0 aliphatic rings. The smallest absolute Gasteiger partial charge is 0.136 e. The fourth-order valence-corrected chi connectivity index (χ4v) is 2.54. The van der Waals surface area contributed by atoms with Gasteiger partial charge in [0.05, 0.1) is 10.2 Å². The topological polar surface area (TPSA) is 0 Å². The molecule has 0 spiro atoms. The van der Waals surface area contributed by atoms with Crippen LogP contribution in [0.2, 0.25) is 4.34 Å². The molecule has 13 heavy (non-hydrogen) atoms. The van der Waals surface area contributed by atoms with E-state index in [1.807, 2.05) is 6.07 Å². The van der Waals surface area contributed by atoms with Gasteiger partial charge in [-0.1, -0.05) is 17.7 Å². The number of rotatable bonds is 1. The first-order valence-electron chi connectivity index (χ1n) is 3.65. The normalized spacial score (nSPS) is 11.0. The van der Waals surface area contributed by atoms with Crippen molar-refractivity contribution in [3.8, 4) is 0 Å². The standard InChI is InChI=1S/C9H5Cl2FS/c10-4-5-1-2-7-6(9(5)12)3-8(11)13-7/h1-3H,4H2. The minimum Gasteiger partial charge on any atom is -0.206 e. The van der Waals surface area contributed by atoms with E-state index in [1.54, 1.807) is 12.1 Å². The summed E-state index contributed by atoms with van der Waals surface area (Å²) < 4.78 is 15.0. The molecular formula is C9H5Cl2FS. The minimum absolute atomic E-state index is 0.190. The Balaban J connectivity index is 2.78. The van der Waals surface area contributed by atoms with Gasteiger partial charge in [0, 0.05) is 15.6 Å². The second-order valence-electron chi connectivity index (χ2n) is 2.63. The van der Waals surface area contributed by atoms with Crippen LogP contribution in [0.3, 0.4) is 0 Å². The van der Waals surface area contributed by atoms with Gasteiger partial charge in [-0.05, 0) is 12.1 Å². The summed E-state index contributed by atoms with van der Waals surface area (Å²) in [5.74, 6) is -0.0643. The van der Waals surface area contributed by atoms with Crippen LogP contribution in [0.5, 0.6) is 0 Å². The number of fused-ring (bicyclic) bond motifs is 1. The summed E-state index contributed by atoms with van der Waals surface area (Å²) in [7, 11) is 0. The molecule has 0 bridgehead atoms. The molecule has 1 heterocycles. The highest BCUT2D eigenvalue weighted by molar-refractivity contribution is 7.22. The van der Waals surface area contributed by atoms with Crippen LogP contribution in [0.1, 0.15) is 5.56 Å². The zero-order chi connectivity index (χ0) is 9.42. The predicted octanol–water partition coefficient (Wildman–Crippen LogP) is 4.43. The summed E-state index contributed by atoms with van der Waals surface area (Å²) >= 11 is 12.7. The van der Waals surface area contributed by atoms with Gasteiger partial charge in [-0.2, -0.15) is 0 Å². The van der Waals surface area contributed by atoms with Crippen LogP contribution < -0.4 is 0 Å². The van der Waals surface area contributed by atoms with Crippen molar-refractivity contribution in [1.82, 2.24) is 0 Å². The lowest BCUT2D eigenvalue weighted by atomic mass is 10.2. The van der Waals surface area contributed by atoms with Crippen molar-refractivity contribution in [1.29, 1.82) is 0 Å². The summed E-state index contributed by atoms with van der Waals surface area (Å²) in [4.78, 5) is 0. The fourth-order valence-electron chi connectivity index (χ4n) is 1.20. The zero-order valence-corrected chi connectivity index (χ0v) is 8.81. The van der Waals surface area contributed by atoms with Gasteiger partial charge in [-0.3, -0.25) is 0 Å². The van der Waals surface area contributed by atoms with Gasteiger partial charge in [0.15, 0.2) is 0 Å². The number of thiophene rings is 1. The van der Waals surface area contributed by atoms with Gasteiger partial charge in [0.1, 0.15) is 5.82 Å².